The number of hydrogen-bond acceptors (Lipinski definition) is 1. The van der Waals surface area contributed by atoms with Gasteiger partial charge in [0, 0.05) is 0 Å². The highest BCUT2D eigenvalue weighted by Crippen LogP contribution is 2.36. The molecule has 0 fully saturated rings. The van der Waals surface area contributed by atoms with E-state index < -0.39 is 11.4 Å². The Kier molecular flexibility index (Phi) is 4.33. The van der Waals surface area contributed by atoms with Crippen LogP contribution in [0, 0.1) is 11.3 Å². The van der Waals surface area contributed by atoms with Crippen LogP contribution in [-0.2, 0) is 4.79 Å². The van der Waals surface area contributed by atoms with Gasteiger partial charge in [-0.3, -0.25) is 4.79 Å². The number of aliphatic carboxylic acids is 1. The van der Waals surface area contributed by atoms with Gasteiger partial charge < -0.3 is 5.11 Å². The molecule has 1 N–H and O–H groups in total. The molecule has 0 saturated heterocycles. The summed E-state index contributed by atoms with van der Waals surface area (Å²) in [5.41, 5.74) is 0.557. The summed E-state index contributed by atoms with van der Waals surface area (Å²) in [6, 6.07) is 10.2. The molecule has 0 aliphatic heterocycles. The van der Waals surface area contributed by atoms with Gasteiger partial charge in [0.25, 0.3) is 0 Å². The highest BCUT2D eigenvalue weighted by Gasteiger charge is 2.32. The second kappa shape index (κ2) is 5.35. The Labute approximate surface area is 104 Å². The lowest BCUT2D eigenvalue weighted by molar-refractivity contribution is -0.147. The van der Waals surface area contributed by atoms with E-state index in [4.69, 9.17) is 0 Å². The number of carboxylic acid groups (broad SMARTS) is 1. The maximum Gasteiger partial charge on any atom is 0.309 e. The predicted molar refractivity (Wildman–Crippen MR) is 70.1 cm³/mol. The lowest BCUT2D eigenvalue weighted by Gasteiger charge is -2.29. The van der Waals surface area contributed by atoms with Gasteiger partial charge in [0.15, 0.2) is 0 Å². The molecule has 2 nitrogen and oxygen atoms in total. The molecular formula is C15H22O2. The number of benzene rings is 1. The zero-order valence-corrected chi connectivity index (χ0v) is 11.1. The zero-order valence-electron chi connectivity index (χ0n) is 11.1. The summed E-state index contributed by atoms with van der Waals surface area (Å²) in [5, 5.41) is 9.22. The Morgan fingerprint density at radius 3 is 2.18 bits per heavy atom. The summed E-state index contributed by atoms with van der Waals surface area (Å²) >= 11 is 0. The molecule has 0 amide bonds. The lowest BCUT2D eigenvalue weighted by Crippen LogP contribution is -2.27. The van der Waals surface area contributed by atoms with E-state index in [2.05, 4.69) is 26.0 Å². The van der Waals surface area contributed by atoms with Crippen molar-refractivity contribution in [3.8, 4) is 0 Å². The van der Waals surface area contributed by atoms with Crippen molar-refractivity contribution in [2.45, 2.75) is 40.0 Å². The molecule has 2 heteroatoms. The van der Waals surface area contributed by atoms with E-state index in [0.717, 1.165) is 0 Å². The highest BCUT2D eigenvalue weighted by molar-refractivity contribution is 5.73. The van der Waals surface area contributed by atoms with Gasteiger partial charge in [-0.15, -0.1) is 0 Å². The first kappa shape index (κ1) is 13.8. The SMILES string of the molecule is CC(C)C(CC(C)(C)C(=O)O)c1ccccc1. The van der Waals surface area contributed by atoms with Gasteiger partial charge in [-0.2, -0.15) is 0 Å². The summed E-state index contributed by atoms with van der Waals surface area (Å²) in [6.45, 7) is 7.90. The molecule has 0 saturated carbocycles. The molecule has 0 aliphatic rings. The monoisotopic (exact) mass is 234 g/mol. The number of carboxylic acids is 1. The molecule has 17 heavy (non-hydrogen) atoms. The van der Waals surface area contributed by atoms with Gasteiger partial charge in [0.05, 0.1) is 5.41 Å². The molecule has 1 aromatic carbocycles. The minimum Gasteiger partial charge on any atom is -0.481 e. The average Bonchev–Trinajstić information content (AvgIpc) is 2.26. The van der Waals surface area contributed by atoms with Gasteiger partial charge >= 0.3 is 5.97 Å². The number of carbonyl (C=O) groups is 1. The largest absolute Gasteiger partial charge is 0.481 e. The van der Waals surface area contributed by atoms with E-state index in [-0.39, 0.29) is 0 Å². The molecule has 1 rings (SSSR count). The van der Waals surface area contributed by atoms with Crippen molar-refractivity contribution in [3.05, 3.63) is 35.9 Å². The first-order valence-electron chi connectivity index (χ1n) is 6.13. The quantitative estimate of drug-likeness (QED) is 0.838. The second-order valence-electron chi connectivity index (χ2n) is 5.65. The Morgan fingerprint density at radius 1 is 1.24 bits per heavy atom. The maximum absolute atomic E-state index is 11.2. The minimum absolute atomic E-state index is 0.294. The van der Waals surface area contributed by atoms with E-state index >= 15 is 0 Å². The average molecular weight is 234 g/mol. The Hall–Kier alpha value is -1.31. The van der Waals surface area contributed by atoms with Crippen LogP contribution in [0.2, 0.25) is 0 Å². The summed E-state index contributed by atoms with van der Waals surface area (Å²) in [6.07, 6.45) is 0.671. The van der Waals surface area contributed by atoms with Crippen LogP contribution in [0.5, 0.6) is 0 Å². The Morgan fingerprint density at radius 2 is 1.76 bits per heavy atom. The molecule has 94 valence electrons. The summed E-state index contributed by atoms with van der Waals surface area (Å²) in [4.78, 5) is 11.2. The van der Waals surface area contributed by atoms with E-state index in [1.54, 1.807) is 13.8 Å². The van der Waals surface area contributed by atoms with Crippen LogP contribution in [0.4, 0.5) is 0 Å². The van der Waals surface area contributed by atoms with Crippen LogP contribution in [0.3, 0.4) is 0 Å². The molecule has 1 atom stereocenters. The smallest absolute Gasteiger partial charge is 0.309 e. The van der Waals surface area contributed by atoms with Crippen LogP contribution >= 0.6 is 0 Å². The van der Waals surface area contributed by atoms with Crippen molar-refractivity contribution < 1.29 is 9.90 Å². The van der Waals surface area contributed by atoms with Crippen molar-refractivity contribution in [2.24, 2.45) is 11.3 Å². The second-order valence-corrected chi connectivity index (χ2v) is 5.65. The van der Waals surface area contributed by atoms with Gasteiger partial charge in [-0.1, -0.05) is 44.2 Å². The van der Waals surface area contributed by atoms with Crippen molar-refractivity contribution in [1.29, 1.82) is 0 Å². The number of hydrogen-bond donors (Lipinski definition) is 1. The van der Waals surface area contributed by atoms with Crippen molar-refractivity contribution >= 4 is 5.97 Å². The highest BCUT2D eigenvalue weighted by atomic mass is 16.4. The zero-order chi connectivity index (χ0) is 13.1. The molecule has 0 spiro atoms. The molecule has 0 heterocycles. The first-order chi connectivity index (χ1) is 7.84. The minimum atomic E-state index is -0.723. The van der Waals surface area contributed by atoms with Gasteiger partial charge in [-0.05, 0) is 37.7 Å². The molecular weight excluding hydrogens is 212 g/mol. The Balaban J connectivity index is 2.93. The van der Waals surface area contributed by atoms with Crippen LogP contribution in [0.25, 0.3) is 0 Å². The molecule has 1 aromatic rings. The van der Waals surface area contributed by atoms with E-state index in [0.29, 0.717) is 18.3 Å². The van der Waals surface area contributed by atoms with Crippen molar-refractivity contribution in [3.63, 3.8) is 0 Å². The summed E-state index contributed by atoms with van der Waals surface area (Å²) in [5.74, 6) is 0.0115. The fraction of sp³-hybridized carbons (Fsp3) is 0.533. The molecule has 1 unspecified atom stereocenters. The van der Waals surface area contributed by atoms with Gasteiger partial charge in [0.2, 0.25) is 0 Å². The fourth-order valence-electron chi connectivity index (χ4n) is 2.08. The number of rotatable bonds is 5. The van der Waals surface area contributed by atoms with Crippen LogP contribution in [0.15, 0.2) is 30.3 Å². The maximum atomic E-state index is 11.2. The third kappa shape index (κ3) is 3.58. The topological polar surface area (TPSA) is 37.3 Å². The van der Waals surface area contributed by atoms with E-state index in [9.17, 15) is 9.90 Å². The first-order valence-corrected chi connectivity index (χ1v) is 6.13. The summed E-state index contributed by atoms with van der Waals surface area (Å²) in [7, 11) is 0. The van der Waals surface area contributed by atoms with Crippen molar-refractivity contribution in [1.82, 2.24) is 0 Å². The molecule has 0 radical (unpaired) electrons. The predicted octanol–water partition coefficient (Wildman–Crippen LogP) is 3.93. The van der Waals surface area contributed by atoms with Crippen LogP contribution < -0.4 is 0 Å². The standard InChI is InChI=1S/C15H22O2/c1-11(2)13(10-15(3,4)14(16)17)12-8-6-5-7-9-12/h5-9,11,13H,10H2,1-4H3,(H,16,17). The molecule has 0 aromatic heterocycles. The third-order valence-electron chi connectivity index (χ3n) is 3.34. The Bertz CT molecular complexity index is 366. The normalized spacial score (nSPS) is 13.7. The van der Waals surface area contributed by atoms with Gasteiger partial charge in [-0.25, -0.2) is 0 Å². The van der Waals surface area contributed by atoms with Crippen LogP contribution in [-0.4, -0.2) is 11.1 Å². The van der Waals surface area contributed by atoms with Gasteiger partial charge in [0.1, 0.15) is 0 Å². The third-order valence-corrected chi connectivity index (χ3v) is 3.34. The van der Waals surface area contributed by atoms with Crippen molar-refractivity contribution in [2.75, 3.05) is 0 Å². The molecule has 0 bridgehead atoms. The van der Waals surface area contributed by atoms with E-state index in [1.165, 1.54) is 5.56 Å². The van der Waals surface area contributed by atoms with E-state index in [1.807, 2.05) is 18.2 Å². The van der Waals surface area contributed by atoms with Crippen LogP contribution in [0.1, 0.15) is 45.6 Å². The lowest BCUT2D eigenvalue weighted by atomic mass is 9.75. The fourth-order valence-corrected chi connectivity index (χ4v) is 2.08. The summed E-state index contributed by atoms with van der Waals surface area (Å²) < 4.78 is 0. The molecule has 0 aliphatic carbocycles.